The Balaban J connectivity index is 1.34. The number of amides is 1. The van der Waals surface area contributed by atoms with Crippen LogP contribution in [0.5, 0.6) is 0 Å². The molecule has 3 aromatic heterocycles. The van der Waals surface area contributed by atoms with Crippen LogP contribution in [0.3, 0.4) is 0 Å². The minimum atomic E-state index is -0.0693. The number of hydrogen-bond acceptors (Lipinski definition) is 4. The van der Waals surface area contributed by atoms with Crippen molar-refractivity contribution < 1.29 is 4.79 Å². The van der Waals surface area contributed by atoms with Crippen LogP contribution in [0.2, 0.25) is 0 Å². The van der Waals surface area contributed by atoms with Gasteiger partial charge in [-0.2, -0.15) is 10.2 Å². The molecule has 0 saturated heterocycles. The first kappa shape index (κ1) is 20.6. The second-order valence-electron chi connectivity index (χ2n) is 9.64. The quantitative estimate of drug-likeness (QED) is 0.713. The van der Waals surface area contributed by atoms with E-state index in [0.29, 0.717) is 24.1 Å². The lowest BCUT2D eigenvalue weighted by Gasteiger charge is -2.29. The molecule has 4 rings (SSSR count). The summed E-state index contributed by atoms with van der Waals surface area (Å²) in [6.07, 6.45) is 6.32. The van der Waals surface area contributed by atoms with Crippen molar-refractivity contribution in [2.45, 2.75) is 64.7 Å². The summed E-state index contributed by atoms with van der Waals surface area (Å²) < 4.78 is 3.69. The Hall–Kier alpha value is -2.70. The number of carbonyl (C=O) groups excluding carboxylic acids is 1. The van der Waals surface area contributed by atoms with E-state index in [0.717, 1.165) is 42.7 Å². The number of hydrogen-bond donors (Lipinski definition) is 1. The predicted octanol–water partition coefficient (Wildman–Crippen LogP) is 3.77. The first-order valence-electron chi connectivity index (χ1n) is 10.9. The summed E-state index contributed by atoms with van der Waals surface area (Å²) in [7, 11) is 1.84. The van der Waals surface area contributed by atoms with Crippen LogP contribution < -0.4 is 5.32 Å². The molecule has 1 amide bonds. The molecule has 0 atom stereocenters. The van der Waals surface area contributed by atoms with Gasteiger partial charge in [0, 0.05) is 42.9 Å². The fraction of sp³-hybridized carbons (Fsp3) is 0.565. The molecule has 1 aliphatic carbocycles. The average molecular weight is 409 g/mol. The van der Waals surface area contributed by atoms with Crippen molar-refractivity contribution in [3.63, 3.8) is 0 Å². The Bertz CT molecular complexity index is 1050. The molecule has 30 heavy (non-hydrogen) atoms. The predicted molar refractivity (Wildman–Crippen MR) is 117 cm³/mol. The molecule has 0 bridgehead atoms. The standard InChI is InChI=1S/C23H32N6O/c1-15-12-21-24-11-10-18(29(21)26-15)17-8-6-16(7-9-17)14-25-22(30)19-13-20(23(2,3)4)27-28(19)5/h10-13,16-17H,6-9,14H2,1-5H3,(H,25,30). The van der Waals surface area contributed by atoms with E-state index in [1.54, 1.807) is 4.68 Å². The molecule has 1 saturated carbocycles. The molecule has 0 spiro atoms. The molecular formula is C23H32N6O. The van der Waals surface area contributed by atoms with E-state index in [2.05, 4.69) is 47.3 Å². The first-order chi connectivity index (χ1) is 14.2. The van der Waals surface area contributed by atoms with Crippen molar-refractivity contribution >= 4 is 11.6 Å². The summed E-state index contributed by atoms with van der Waals surface area (Å²) in [4.78, 5) is 17.1. The zero-order chi connectivity index (χ0) is 21.5. The van der Waals surface area contributed by atoms with Gasteiger partial charge in [0.05, 0.1) is 11.4 Å². The average Bonchev–Trinajstić information content (AvgIpc) is 3.28. The zero-order valence-corrected chi connectivity index (χ0v) is 18.6. The third-order valence-electron chi connectivity index (χ3n) is 6.21. The number of rotatable bonds is 4. The summed E-state index contributed by atoms with van der Waals surface area (Å²) in [5.41, 5.74) is 4.66. The van der Waals surface area contributed by atoms with E-state index in [-0.39, 0.29) is 11.3 Å². The van der Waals surface area contributed by atoms with Gasteiger partial charge < -0.3 is 5.32 Å². The van der Waals surface area contributed by atoms with Crippen molar-refractivity contribution in [2.75, 3.05) is 6.54 Å². The van der Waals surface area contributed by atoms with Crippen molar-refractivity contribution in [3.8, 4) is 0 Å². The maximum Gasteiger partial charge on any atom is 0.269 e. The number of aromatic nitrogens is 5. The second kappa shape index (κ2) is 7.85. The maximum absolute atomic E-state index is 12.7. The van der Waals surface area contributed by atoms with Gasteiger partial charge in [-0.3, -0.25) is 9.48 Å². The van der Waals surface area contributed by atoms with Gasteiger partial charge in [-0.25, -0.2) is 9.50 Å². The van der Waals surface area contributed by atoms with Gasteiger partial charge in [-0.1, -0.05) is 20.8 Å². The third-order valence-corrected chi connectivity index (χ3v) is 6.21. The van der Waals surface area contributed by atoms with Crippen molar-refractivity contribution in [2.24, 2.45) is 13.0 Å². The van der Waals surface area contributed by atoms with Gasteiger partial charge >= 0.3 is 0 Å². The molecule has 3 aromatic rings. The van der Waals surface area contributed by atoms with Crippen molar-refractivity contribution in [3.05, 3.63) is 47.2 Å². The number of aryl methyl sites for hydroxylation is 2. The minimum Gasteiger partial charge on any atom is -0.350 e. The van der Waals surface area contributed by atoms with E-state index >= 15 is 0 Å². The molecule has 7 nitrogen and oxygen atoms in total. The number of nitrogens with zero attached hydrogens (tertiary/aromatic N) is 5. The molecule has 7 heteroatoms. The lowest BCUT2D eigenvalue weighted by atomic mass is 9.80. The van der Waals surface area contributed by atoms with Crippen LogP contribution in [0, 0.1) is 12.8 Å². The Morgan fingerprint density at radius 1 is 1.17 bits per heavy atom. The van der Waals surface area contributed by atoms with Gasteiger partial charge in [0.25, 0.3) is 5.91 Å². The van der Waals surface area contributed by atoms with Crippen LogP contribution in [0.4, 0.5) is 0 Å². The first-order valence-corrected chi connectivity index (χ1v) is 10.9. The van der Waals surface area contributed by atoms with Gasteiger partial charge in [0.15, 0.2) is 5.65 Å². The molecule has 1 N–H and O–H groups in total. The van der Waals surface area contributed by atoms with Crippen LogP contribution in [0.25, 0.3) is 5.65 Å². The third kappa shape index (κ3) is 4.11. The summed E-state index contributed by atoms with van der Waals surface area (Å²) in [6.45, 7) is 9.04. The highest BCUT2D eigenvalue weighted by molar-refractivity contribution is 5.92. The van der Waals surface area contributed by atoms with Crippen LogP contribution in [-0.4, -0.2) is 36.8 Å². The molecule has 1 fully saturated rings. The number of carbonyl (C=O) groups is 1. The topological polar surface area (TPSA) is 77.1 Å². The molecule has 0 unspecified atom stereocenters. The van der Waals surface area contributed by atoms with Crippen LogP contribution in [-0.2, 0) is 12.5 Å². The van der Waals surface area contributed by atoms with E-state index in [1.165, 1.54) is 5.69 Å². The molecule has 3 heterocycles. The SMILES string of the molecule is Cc1cc2nccc(C3CCC(CNC(=O)c4cc(C(C)(C)C)nn4C)CC3)n2n1. The summed E-state index contributed by atoms with van der Waals surface area (Å²) in [5.74, 6) is 0.968. The second-order valence-corrected chi connectivity index (χ2v) is 9.64. The fourth-order valence-electron chi connectivity index (χ4n) is 4.37. The van der Waals surface area contributed by atoms with Crippen LogP contribution >= 0.6 is 0 Å². The Kier molecular flexibility index (Phi) is 5.38. The molecule has 0 radical (unpaired) electrons. The van der Waals surface area contributed by atoms with Crippen molar-refractivity contribution in [1.29, 1.82) is 0 Å². The van der Waals surface area contributed by atoms with Crippen molar-refractivity contribution in [1.82, 2.24) is 29.7 Å². The summed E-state index contributed by atoms with van der Waals surface area (Å²) in [5, 5.41) is 12.3. The van der Waals surface area contributed by atoms with E-state index in [4.69, 9.17) is 0 Å². The number of fused-ring (bicyclic) bond motifs is 1. The molecule has 160 valence electrons. The van der Waals surface area contributed by atoms with Gasteiger partial charge in [-0.05, 0) is 50.7 Å². The summed E-state index contributed by atoms with van der Waals surface area (Å²) in [6, 6.07) is 6.03. The van der Waals surface area contributed by atoms with Gasteiger partial charge in [-0.15, -0.1) is 0 Å². The highest BCUT2D eigenvalue weighted by Crippen LogP contribution is 2.35. The summed E-state index contributed by atoms with van der Waals surface area (Å²) >= 11 is 0. The van der Waals surface area contributed by atoms with E-state index in [1.807, 2.05) is 36.8 Å². The smallest absolute Gasteiger partial charge is 0.269 e. The molecular weight excluding hydrogens is 376 g/mol. The van der Waals surface area contributed by atoms with Crippen LogP contribution in [0.1, 0.15) is 79.9 Å². The molecule has 0 aliphatic heterocycles. The maximum atomic E-state index is 12.7. The van der Waals surface area contributed by atoms with Gasteiger partial charge in [0.1, 0.15) is 5.69 Å². The normalized spacial score (nSPS) is 19.9. The Morgan fingerprint density at radius 3 is 2.57 bits per heavy atom. The Labute approximate surface area is 177 Å². The highest BCUT2D eigenvalue weighted by Gasteiger charge is 2.26. The fourth-order valence-corrected chi connectivity index (χ4v) is 4.37. The monoisotopic (exact) mass is 408 g/mol. The number of nitrogens with one attached hydrogen (secondary N) is 1. The van der Waals surface area contributed by atoms with Gasteiger partial charge in [0.2, 0.25) is 0 Å². The highest BCUT2D eigenvalue weighted by atomic mass is 16.2. The molecule has 1 aliphatic rings. The van der Waals surface area contributed by atoms with E-state index in [9.17, 15) is 4.79 Å². The largest absolute Gasteiger partial charge is 0.350 e. The van der Waals surface area contributed by atoms with Crippen LogP contribution in [0.15, 0.2) is 24.4 Å². The lowest BCUT2D eigenvalue weighted by molar-refractivity contribution is 0.0933. The van der Waals surface area contributed by atoms with E-state index < -0.39 is 0 Å². The lowest BCUT2D eigenvalue weighted by Crippen LogP contribution is -2.32. The zero-order valence-electron chi connectivity index (χ0n) is 18.6. The minimum absolute atomic E-state index is 0.0366. The Morgan fingerprint density at radius 2 is 1.90 bits per heavy atom. The molecule has 0 aromatic carbocycles.